The molecule has 7 heteroatoms. The molecule has 1 atom stereocenters. The summed E-state index contributed by atoms with van der Waals surface area (Å²) in [5.74, 6) is 2.04. The molecule has 1 amide bonds. The van der Waals surface area contributed by atoms with E-state index in [1.807, 2.05) is 31.2 Å². The molecule has 2 aromatic rings. The fraction of sp³-hybridized carbons (Fsp3) is 0.300. The molecule has 1 heterocycles. The molecule has 1 N–H and O–H groups in total. The van der Waals surface area contributed by atoms with Crippen molar-refractivity contribution in [1.82, 2.24) is 5.43 Å². The summed E-state index contributed by atoms with van der Waals surface area (Å²) in [5, 5.41) is 4.26. The summed E-state index contributed by atoms with van der Waals surface area (Å²) >= 11 is 0. The van der Waals surface area contributed by atoms with Crippen LogP contribution in [0, 0.1) is 0 Å². The third-order valence-corrected chi connectivity index (χ3v) is 4.15. The van der Waals surface area contributed by atoms with Gasteiger partial charge in [-0.2, -0.15) is 5.10 Å². The van der Waals surface area contributed by atoms with E-state index < -0.39 is 6.10 Å². The summed E-state index contributed by atoms with van der Waals surface area (Å²) in [6.07, 6.45) is -0.132. The lowest BCUT2D eigenvalue weighted by molar-refractivity contribution is -0.130. The van der Waals surface area contributed by atoms with Crippen molar-refractivity contribution in [3.05, 3.63) is 48.0 Å². The predicted molar refractivity (Wildman–Crippen MR) is 101 cm³/mol. The van der Waals surface area contributed by atoms with Gasteiger partial charge in [0.05, 0.1) is 19.9 Å². The molecular weight excluding hydrogens is 348 g/mol. The fourth-order valence-corrected chi connectivity index (χ4v) is 2.71. The van der Waals surface area contributed by atoms with Gasteiger partial charge in [-0.25, -0.2) is 5.43 Å². The number of para-hydroxylation sites is 2. The lowest BCUT2D eigenvalue weighted by Gasteiger charge is -2.24. The average Bonchev–Trinajstić information content (AvgIpc) is 2.73. The Morgan fingerprint density at radius 3 is 2.59 bits per heavy atom. The van der Waals surface area contributed by atoms with E-state index in [0.29, 0.717) is 35.1 Å². The Bertz CT molecular complexity index is 850. The summed E-state index contributed by atoms with van der Waals surface area (Å²) in [6, 6.07) is 12.7. The summed E-state index contributed by atoms with van der Waals surface area (Å²) in [5.41, 5.74) is 4.12. The van der Waals surface area contributed by atoms with E-state index in [-0.39, 0.29) is 12.5 Å². The van der Waals surface area contributed by atoms with Crippen molar-refractivity contribution in [2.75, 3.05) is 20.8 Å². The second kappa shape index (κ2) is 8.44. The first-order chi connectivity index (χ1) is 13.2. The van der Waals surface area contributed by atoms with Crippen LogP contribution in [0.2, 0.25) is 0 Å². The van der Waals surface area contributed by atoms with Crippen molar-refractivity contribution in [3.63, 3.8) is 0 Å². The Balaban J connectivity index is 1.71. The minimum atomic E-state index is -0.757. The molecular formula is C20H22N2O5. The minimum Gasteiger partial charge on any atom is -0.493 e. The van der Waals surface area contributed by atoms with Gasteiger partial charge in [0.25, 0.3) is 5.91 Å². The predicted octanol–water partition coefficient (Wildman–Crippen LogP) is 2.77. The van der Waals surface area contributed by atoms with Gasteiger partial charge in [0.1, 0.15) is 6.61 Å². The van der Waals surface area contributed by atoms with E-state index in [4.69, 9.17) is 18.9 Å². The molecule has 0 radical (unpaired) electrons. The number of carbonyl (C=O) groups is 1. The standard InChI is InChI=1S/C20H22N2O5/c1-4-14(13-9-10-15(24-2)18(11-13)25-3)21-22-20(23)19-12-26-16-7-5-6-8-17(16)27-19/h5-11,19H,4,12H2,1-3H3,(H,22,23)/b21-14-/t19-/m1/s1. The number of amides is 1. The smallest absolute Gasteiger partial charge is 0.284 e. The molecule has 0 unspecified atom stereocenters. The van der Waals surface area contributed by atoms with Gasteiger partial charge >= 0.3 is 0 Å². The zero-order valence-electron chi connectivity index (χ0n) is 15.5. The number of rotatable bonds is 6. The highest BCUT2D eigenvalue weighted by atomic mass is 16.6. The largest absolute Gasteiger partial charge is 0.493 e. The lowest BCUT2D eigenvalue weighted by Crippen LogP contribution is -2.42. The Labute approximate surface area is 157 Å². The van der Waals surface area contributed by atoms with Crippen LogP contribution in [0.25, 0.3) is 0 Å². The number of methoxy groups -OCH3 is 2. The topological polar surface area (TPSA) is 78.4 Å². The average molecular weight is 370 g/mol. The van der Waals surface area contributed by atoms with Gasteiger partial charge in [-0.1, -0.05) is 19.1 Å². The van der Waals surface area contributed by atoms with E-state index in [0.717, 1.165) is 5.56 Å². The third kappa shape index (κ3) is 4.13. The second-order valence-electron chi connectivity index (χ2n) is 5.82. The molecule has 3 rings (SSSR count). The van der Waals surface area contributed by atoms with E-state index in [1.54, 1.807) is 32.4 Å². The number of nitrogens with zero attached hydrogens (tertiary/aromatic N) is 1. The molecule has 2 aromatic carbocycles. The van der Waals surface area contributed by atoms with Crippen molar-refractivity contribution in [2.24, 2.45) is 5.10 Å². The third-order valence-electron chi connectivity index (χ3n) is 4.15. The molecule has 0 saturated heterocycles. The summed E-state index contributed by atoms with van der Waals surface area (Å²) in [7, 11) is 3.15. The van der Waals surface area contributed by atoms with Crippen LogP contribution in [0.15, 0.2) is 47.6 Å². The van der Waals surface area contributed by atoms with Crippen LogP contribution in [0.3, 0.4) is 0 Å². The van der Waals surface area contributed by atoms with Crippen molar-refractivity contribution < 1.29 is 23.7 Å². The molecule has 0 aliphatic carbocycles. The number of hydrogen-bond acceptors (Lipinski definition) is 6. The quantitative estimate of drug-likeness (QED) is 0.625. The number of fused-ring (bicyclic) bond motifs is 1. The summed E-state index contributed by atoms with van der Waals surface area (Å²) < 4.78 is 21.8. The minimum absolute atomic E-state index is 0.135. The molecule has 0 spiro atoms. The van der Waals surface area contributed by atoms with E-state index >= 15 is 0 Å². The van der Waals surface area contributed by atoms with Gasteiger partial charge in [-0.05, 0) is 36.8 Å². The fourth-order valence-electron chi connectivity index (χ4n) is 2.71. The van der Waals surface area contributed by atoms with Gasteiger partial charge in [0, 0.05) is 5.56 Å². The first-order valence-electron chi connectivity index (χ1n) is 8.63. The summed E-state index contributed by atoms with van der Waals surface area (Å²) in [4.78, 5) is 12.4. The normalized spacial score (nSPS) is 15.8. The number of carbonyl (C=O) groups excluding carboxylic acids is 1. The maximum Gasteiger partial charge on any atom is 0.284 e. The highest BCUT2D eigenvalue weighted by Crippen LogP contribution is 2.31. The van der Waals surface area contributed by atoms with Crippen molar-refractivity contribution in [2.45, 2.75) is 19.4 Å². The number of ether oxygens (including phenoxy) is 4. The Kier molecular flexibility index (Phi) is 5.80. The van der Waals surface area contributed by atoms with Gasteiger partial charge in [-0.3, -0.25) is 4.79 Å². The number of nitrogens with one attached hydrogen (secondary N) is 1. The van der Waals surface area contributed by atoms with Crippen molar-refractivity contribution >= 4 is 11.6 Å². The van der Waals surface area contributed by atoms with Crippen LogP contribution in [-0.2, 0) is 4.79 Å². The SMILES string of the molecule is CC/C(=N/NC(=O)[C@H]1COc2ccccc2O1)c1ccc(OC)c(OC)c1. The van der Waals surface area contributed by atoms with Gasteiger partial charge in [-0.15, -0.1) is 0 Å². The van der Waals surface area contributed by atoms with Crippen molar-refractivity contribution in [1.29, 1.82) is 0 Å². The molecule has 7 nitrogen and oxygen atoms in total. The number of hydrogen-bond donors (Lipinski definition) is 1. The van der Waals surface area contributed by atoms with Gasteiger partial charge in [0.15, 0.2) is 23.0 Å². The monoisotopic (exact) mass is 370 g/mol. The first kappa shape index (κ1) is 18.6. The Morgan fingerprint density at radius 1 is 1.15 bits per heavy atom. The van der Waals surface area contributed by atoms with Crippen LogP contribution in [-0.4, -0.2) is 38.5 Å². The highest BCUT2D eigenvalue weighted by Gasteiger charge is 2.27. The maximum atomic E-state index is 12.4. The molecule has 1 aliphatic rings. The van der Waals surface area contributed by atoms with Crippen LogP contribution in [0.1, 0.15) is 18.9 Å². The Morgan fingerprint density at radius 2 is 1.89 bits per heavy atom. The molecule has 27 heavy (non-hydrogen) atoms. The molecule has 1 aliphatic heterocycles. The molecule has 0 bridgehead atoms. The second-order valence-corrected chi connectivity index (χ2v) is 5.82. The van der Waals surface area contributed by atoms with Crippen LogP contribution < -0.4 is 24.4 Å². The van der Waals surface area contributed by atoms with Crippen LogP contribution in [0.5, 0.6) is 23.0 Å². The zero-order valence-corrected chi connectivity index (χ0v) is 15.5. The molecule has 0 aromatic heterocycles. The van der Waals surface area contributed by atoms with Gasteiger partial charge in [0.2, 0.25) is 6.10 Å². The number of benzene rings is 2. The zero-order chi connectivity index (χ0) is 19.2. The number of hydrazone groups is 1. The first-order valence-corrected chi connectivity index (χ1v) is 8.63. The van der Waals surface area contributed by atoms with Crippen LogP contribution in [0.4, 0.5) is 0 Å². The maximum absolute atomic E-state index is 12.4. The van der Waals surface area contributed by atoms with E-state index in [2.05, 4.69) is 10.5 Å². The molecule has 0 saturated carbocycles. The molecule has 142 valence electrons. The summed E-state index contributed by atoms with van der Waals surface area (Å²) in [6.45, 7) is 2.09. The van der Waals surface area contributed by atoms with Gasteiger partial charge < -0.3 is 18.9 Å². The highest BCUT2D eigenvalue weighted by molar-refractivity contribution is 6.01. The Hall–Kier alpha value is -3.22. The van der Waals surface area contributed by atoms with E-state index in [9.17, 15) is 4.79 Å². The molecule has 0 fully saturated rings. The lowest BCUT2D eigenvalue weighted by atomic mass is 10.1. The van der Waals surface area contributed by atoms with E-state index in [1.165, 1.54) is 0 Å². The van der Waals surface area contributed by atoms with Crippen molar-refractivity contribution in [3.8, 4) is 23.0 Å². The van der Waals surface area contributed by atoms with Crippen LogP contribution >= 0.6 is 0 Å².